The Balaban J connectivity index is 1.34. The number of nitrogens with zero attached hydrogens (tertiary/aromatic N) is 2. The van der Waals surface area contributed by atoms with Crippen molar-refractivity contribution in [2.24, 2.45) is 0 Å². The van der Waals surface area contributed by atoms with Crippen LogP contribution in [0.25, 0.3) is 0 Å². The van der Waals surface area contributed by atoms with E-state index in [2.05, 4.69) is 201 Å². The van der Waals surface area contributed by atoms with Crippen LogP contribution in [0.15, 0.2) is 66.7 Å². The first kappa shape index (κ1) is 42.7. The van der Waals surface area contributed by atoms with Crippen molar-refractivity contribution in [2.45, 2.75) is 195 Å². The highest BCUT2D eigenvalue weighted by Crippen LogP contribution is 2.56. The molecule has 328 valence electrons. The van der Waals surface area contributed by atoms with Crippen molar-refractivity contribution in [1.82, 2.24) is 0 Å². The lowest BCUT2D eigenvalue weighted by Crippen LogP contribution is -2.62. The van der Waals surface area contributed by atoms with Crippen molar-refractivity contribution >= 4 is 57.2 Å². The van der Waals surface area contributed by atoms with E-state index >= 15 is 0 Å². The molecule has 0 radical (unpaired) electrons. The highest BCUT2D eigenvalue weighted by atomic mass is 15.2. The smallest absolute Gasteiger partial charge is 0.252 e. The van der Waals surface area contributed by atoms with Crippen LogP contribution in [0.5, 0.6) is 0 Å². The summed E-state index contributed by atoms with van der Waals surface area (Å²) in [6.45, 7) is 44.0. The lowest BCUT2D eigenvalue weighted by atomic mass is 9.33. The van der Waals surface area contributed by atoms with Crippen LogP contribution in [0.3, 0.4) is 0 Å². The molecule has 0 amide bonds. The second kappa shape index (κ2) is 13.0. The fourth-order valence-corrected chi connectivity index (χ4v) is 13.5. The number of anilines is 6. The lowest BCUT2D eigenvalue weighted by molar-refractivity contribution is 0.332. The van der Waals surface area contributed by atoms with Gasteiger partial charge in [0.15, 0.2) is 0 Å². The van der Waals surface area contributed by atoms with Gasteiger partial charge in [-0.25, -0.2) is 0 Å². The maximum atomic E-state index is 2.74. The Kier molecular flexibility index (Phi) is 8.80. The molecular weight excluding hydrogens is 759 g/mol. The van der Waals surface area contributed by atoms with Gasteiger partial charge in [-0.15, -0.1) is 0 Å². The molecule has 0 spiro atoms. The Bertz CT molecular complexity index is 2800. The van der Waals surface area contributed by atoms with Crippen molar-refractivity contribution in [3.8, 4) is 0 Å². The SMILES string of the molecule is Cc1cc2c3c(c1)N(c1cc4c(cc1C)C(C)(C)CC4(C)C)c1cc4c(cc1B3c1ccc(C(C)(C)C)cc1N2c1cc2c(cc1C)C(C)(C)CCC2(C)C)C(C)(C)CCC4(C)C. The summed E-state index contributed by atoms with van der Waals surface area (Å²) in [5.41, 5.74) is 27.5. The van der Waals surface area contributed by atoms with E-state index < -0.39 is 0 Å². The minimum atomic E-state index is -0.000950. The summed E-state index contributed by atoms with van der Waals surface area (Å²) in [4.78, 5) is 5.46. The average molecular weight is 835 g/mol. The van der Waals surface area contributed by atoms with Gasteiger partial charge in [-0.05, 0) is 199 Å². The summed E-state index contributed by atoms with van der Waals surface area (Å²) < 4.78 is 0. The van der Waals surface area contributed by atoms with Crippen molar-refractivity contribution in [3.05, 3.63) is 122 Å². The van der Waals surface area contributed by atoms with Gasteiger partial charge in [0.05, 0.1) is 0 Å². The summed E-state index contributed by atoms with van der Waals surface area (Å²) in [5.74, 6) is 0. The van der Waals surface area contributed by atoms with Crippen molar-refractivity contribution in [2.75, 3.05) is 9.80 Å². The van der Waals surface area contributed by atoms with Gasteiger partial charge in [-0.1, -0.05) is 134 Å². The Morgan fingerprint density at radius 1 is 0.413 bits per heavy atom. The van der Waals surface area contributed by atoms with E-state index in [-0.39, 0.29) is 44.6 Å². The van der Waals surface area contributed by atoms with E-state index in [1.807, 2.05) is 0 Å². The van der Waals surface area contributed by atoms with E-state index in [0.29, 0.717) is 0 Å². The predicted molar refractivity (Wildman–Crippen MR) is 275 cm³/mol. The number of hydrogen-bond donors (Lipinski definition) is 0. The molecule has 0 unspecified atom stereocenters. The first-order valence-corrected chi connectivity index (χ1v) is 24.4. The molecule has 0 atom stereocenters. The lowest BCUT2D eigenvalue weighted by Gasteiger charge is -2.48. The molecule has 63 heavy (non-hydrogen) atoms. The Labute approximate surface area is 382 Å². The monoisotopic (exact) mass is 835 g/mol. The number of benzene rings is 5. The molecule has 3 aliphatic carbocycles. The molecule has 5 aromatic rings. The van der Waals surface area contributed by atoms with Crippen LogP contribution in [-0.2, 0) is 37.9 Å². The molecule has 2 heterocycles. The maximum Gasteiger partial charge on any atom is 0.252 e. The third-order valence-corrected chi connectivity index (χ3v) is 17.4. The minimum Gasteiger partial charge on any atom is -0.311 e. The third-order valence-electron chi connectivity index (χ3n) is 17.4. The minimum absolute atomic E-state index is 0.000950. The molecule has 10 rings (SSSR count). The molecule has 5 aliphatic rings. The summed E-state index contributed by atoms with van der Waals surface area (Å²) >= 11 is 0. The summed E-state index contributed by atoms with van der Waals surface area (Å²) in [5, 5.41) is 0. The van der Waals surface area contributed by atoms with Crippen molar-refractivity contribution in [1.29, 1.82) is 0 Å². The van der Waals surface area contributed by atoms with E-state index in [0.717, 1.165) is 6.42 Å². The topological polar surface area (TPSA) is 6.48 Å². The van der Waals surface area contributed by atoms with Gasteiger partial charge in [0, 0.05) is 34.1 Å². The molecule has 2 nitrogen and oxygen atoms in total. The van der Waals surface area contributed by atoms with Gasteiger partial charge < -0.3 is 9.80 Å². The summed E-state index contributed by atoms with van der Waals surface area (Å²) in [6, 6.07) is 28.4. The van der Waals surface area contributed by atoms with E-state index in [1.54, 1.807) is 0 Å². The number of fused-ring (bicyclic) bond motifs is 7. The second-order valence-corrected chi connectivity index (χ2v) is 26.1. The number of aryl methyl sites for hydroxylation is 3. The standard InChI is InChI=1S/C60H75BN2/c1-35-25-51-53-52(26-35)63(48-32-44-40(28-37(48)3)59(15,16)34-60(44,17)18)50-33-43-41(56(9,10)22-24-58(43,13)14)30-46(50)61(53)45-20-19-38(54(4,5)6)29-49(45)62(51)47-31-42-39(27-36(47)2)55(7,8)21-23-57(42,11)12/h19-20,25-33H,21-24,34H2,1-18H3. The fourth-order valence-electron chi connectivity index (χ4n) is 13.5. The average Bonchev–Trinajstić information content (AvgIpc) is 3.35. The van der Waals surface area contributed by atoms with Gasteiger partial charge in [0.1, 0.15) is 0 Å². The molecular formula is C60H75BN2. The van der Waals surface area contributed by atoms with E-state index in [4.69, 9.17) is 0 Å². The van der Waals surface area contributed by atoms with Crippen LogP contribution >= 0.6 is 0 Å². The van der Waals surface area contributed by atoms with Crippen LogP contribution in [0.2, 0.25) is 0 Å². The zero-order valence-electron chi connectivity index (χ0n) is 42.4. The van der Waals surface area contributed by atoms with Crippen LogP contribution in [0.1, 0.15) is 192 Å². The first-order chi connectivity index (χ1) is 29.0. The quantitative estimate of drug-likeness (QED) is 0.160. The van der Waals surface area contributed by atoms with Gasteiger partial charge in [0.25, 0.3) is 6.71 Å². The predicted octanol–water partition coefficient (Wildman–Crippen LogP) is 14.6. The highest BCUT2D eigenvalue weighted by Gasteiger charge is 2.49. The normalized spacial score (nSPS) is 21.2. The molecule has 0 fully saturated rings. The third kappa shape index (κ3) is 6.16. The summed E-state index contributed by atoms with van der Waals surface area (Å²) in [6.07, 6.45) is 5.95. The Morgan fingerprint density at radius 2 is 0.794 bits per heavy atom. The molecule has 0 bridgehead atoms. The van der Waals surface area contributed by atoms with E-state index in [9.17, 15) is 0 Å². The highest BCUT2D eigenvalue weighted by molar-refractivity contribution is 7.00. The largest absolute Gasteiger partial charge is 0.311 e. The van der Waals surface area contributed by atoms with Gasteiger partial charge >= 0.3 is 0 Å². The Hall–Kier alpha value is -4.24. The van der Waals surface area contributed by atoms with Crippen LogP contribution < -0.4 is 26.2 Å². The van der Waals surface area contributed by atoms with Gasteiger partial charge in [-0.2, -0.15) is 0 Å². The van der Waals surface area contributed by atoms with Crippen LogP contribution in [0, 0.1) is 20.8 Å². The maximum absolute atomic E-state index is 2.74. The van der Waals surface area contributed by atoms with Gasteiger partial charge in [0.2, 0.25) is 0 Å². The molecule has 0 saturated carbocycles. The molecule has 0 saturated heterocycles. The molecule has 0 N–H and O–H groups in total. The zero-order chi connectivity index (χ0) is 45.5. The molecule has 2 aliphatic heterocycles. The summed E-state index contributed by atoms with van der Waals surface area (Å²) in [7, 11) is 0. The van der Waals surface area contributed by atoms with E-state index in [1.165, 1.54) is 132 Å². The zero-order valence-corrected chi connectivity index (χ0v) is 42.4. The molecule has 5 aromatic carbocycles. The number of rotatable bonds is 2. The molecule has 0 aromatic heterocycles. The Morgan fingerprint density at radius 3 is 1.25 bits per heavy atom. The van der Waals surface area contributed by atoms with Crippen LogP contribution in [0.4, 0.5) is 34.1 Å². The first-order valence-electron chi connectivity index (χ1n) is 24.4. The van der Waals surface area contributed by atoms with Crippen molar-refractivity contribution in [3.63, 3.8) is 0 Å². The second-order valence-electron chi connectivity index (χ2n) is 26.1. The molecule has 3 heteroatoms. The number of hydrogen-bond acceptors (Lipinski definition) is 2. The van der Waals surface area contributed by atoms with Crippen molar-refractivity contribution < 1.29 is 0 Å². The van der Waals surface area contributed by atoms with Gasteiger partial charge in [-0.3, -0.25) is 0 Å². The van der Waals surface area contributed by atoms with Crippen LogP contribution in [-0.4, -0.2) is 6.71 Å². The fraction of sp³-hybridized carbons (Fsp3) is 0.500.